The molecule has 0 aliphatic heterocycles. The summed E-state index contributed by atoms with van der Waals surface area (Å²) in [5.74, 6) is -0.729. The van der Waals surface area contributed by atoms with E-state index < -0.39 is 11.9 Å². The van der Waals surface area contributed by atoms with E-state index in [1.54, 1.807) is 20.2 Å². The first-order valence-electron chi connectivity index (χ1n) is 6.66. The molecule has 1 rings (SSSR count). The maximum Gasteiger partial charge on any atom is 0.317 e. The number of aliphatic carboxylic acids is 1. The van der Waals surface area contributed by atoms with Gasteiger partial charge < -0.3 is 20.2 Å². The predicted molar refractivity (Wildman–Crippen MR) is 80.2 cm³/mol. The van der Waals surface area contributed by atoms with Crippen LogP contribution in [0.2, 0.25) is 0 Å². The molecule has 0 saturated carbocycles. The van der Waals surface area contributed by atoms with Crippen molar-refractivity contribution < 1.29 is 14.7 Å². The highest BCUT2D eigenvalue weighted by Crippen LogP contribution is 2.13. The van der Waals surface area contributed by atoms with E-state index in [0.717, 1.165) is 11.4 Å². The second-order valence-electron chi connectivity index (χ2n) is 5.16. The van der Waals surface area contributed by atoms with E-state index in [9.17, 15) is 9.59 Å². The third-order valence-corrected chi connectivity index (χ3v) is 3.04. The molecule has 116 valence electrons. The molecule has 0 radical (unpaired) electrons. The number of hydrogen-bond acceptors (Lipinski definition) is 4. The number of carboxylic acids is 1. The summed E-state index contributed by atoms with van der Waals surface area (Å²) in [4.78, 5) is 30.2. The number of amides is 2. The van der Waals surface area contributed by atoms with Crippen molar-refractivity contribution in [3.05, 3.63) is 23.9 Å². The van der Waals surface area contributed by atoms with Gasteiger partial charge in [-0.2, -0.15) is 0 Å². The number of urea groups is 1. The Labute approximate surface area is 124 Å². The minimum absolute atomic E-state index is 0.161. The highest BCUT2D eigenvalue weighted by Gasteiger charge is 2.17. The van der Waals surface area contributed by atoms with Gasteiger partial charge in [0.05, 0.1) is 5.92 Å². The monoisotopic (exact) mass is 294 g/mol. The number of carbonyl (C=O) groups excluding carboxylic acids is 1. The maximum atomic E-state index is 11.9. The SMILES string of the molecule is CC(CN(C)C(=O)NCc1cccnc1N(C)C)C(=O)O. The van der Waals surface area contributed by atoms with E-state index in [1.165, 1.54) is 4.90 Å². The maximum absolute atomic E-state index is 11.9. The quantitative estimate of drug-likeness (QED) is 0.818. The van der Waals surface area contributed by atoms with Crippen molar-refractivity contribution in [2.75, 3.05) is 32.6 Å². The lowest BCUT2D eigenvalue weighted by Crippen LogP contribution is -2.40. The summed E-state index contributed by atoms with van der Waals surface area (Å²) in [7, 11) is 5.34. The van der Waals surface area contributed by atoms with Gasteiger partial charge in [-0.3, -0.25) is 4.79 Å². The summed E-state index contributed by atoms with van der Waals surface area (Å²) in [6.07, 6.45) is 1.70. The zero-order valence-electron chi connectivity index (χ0n) is 12.8. The lowest BCUT2D eigenvalue weighted by molar-refractivity contribution is -0.141. The van der Waals surface area contributed by atoms with Gasteiger partial charge in [0.25, 0.3) is 0 Å². The molecule has 0 aliphatic carbocycles. The molecule has 0 saturated heterocycles. The zero-order chi connectivity index (χ0) is 16.0. The topological polar surface area (TPSA) is 85.8 Å². The van der Waals surface area contributed by atoms with Gasteiger partial charge >= 0.3 is 12.0 Å². The molecule has 1 heterocycles. The lowest BCUT2D eigenvalue weighted by Gasteiger charge is -2.21. The number of aromatic nitrogens is 1. The van der Waals surface area contributed by atoms with Crippen LogP contribution in [0.15, 0.2) is 18.3 Å². The highest BCUT2D eigenvalue weighted by molar-refractivity contribution is 5.75. The molecule has 1 aromatic rings. The molecule has 1 atom stereocenters. The van der Waals surface area contributed by atoms with Crippen molar-refractivity contribution in [1.29, 1.82) is 0 Å². The zero-order valence-corrected chi connectivity index (χ0v) is 12.8. The summed E-state index contributed by atoms with van der Waals surface area (Å²) in [5.41, 5.74) is 0.899. The average molecular weight is 294 g/mol. The standard InChI is InChI=1S/C14H22N4O3/c1-10(13(19)20)9-18(4)14(21)16-8-11-6-5-7-15-12(11)17(2)3/h5-7,10H,8-9H2,1-4H3,(H,16,21)(H,19,20). The predicted octanol–water partition coefficient (Wildman–Crippen LogP) is 1.01. The second kappa shape index (κ2) is 7.47. The van der Waals surface area contributed by atoms with Crippen molar-refractivity contribution in [2.24, 2.45) is 5.92 Å². The largest absolute Gasteiger partial charge is 0.481 e. The van der Waals surface area contributed by atoms with E-state index >= 15 is 0 Å². The Hall–Kier alpha value is -2.31. The third-order valence-electron chi connectivity index (χ3n) is 3.04. The number of carboxylic acid groups (broad SMARTS) is 1. The van der Waals surface area contributed by atoms with Crippen molar-refractivity contribution in [3.8, 4) is 0 Å². The van der Waals surface area contributed by atoms with E-state index in [2.05, 4.69) is 10.3 Å². The number of carbonyl (C=O) groups is 2. The molecule has 0 spiro atoms. The van der Waals surface area contributed by atoms with Crippen LogP contribution in [0.3, 0.4) is 0 Å². The van der Waals surface area contributed by atoms with Crippen LogP contribution in [0, 0.1) is 5.92 Å². The van der Waals surface area contributed by atoms with Crippen LogP contribution >= 0.6 is 0 Å². The van der Waals surface area contributed by atoms with Crippen molar-refractivity contribution in [3.63, 3.8) is 0 Å². The van der Waals surface area contributed by atoms with Gasteiger partial charge in [-0.25, -0.2) is 9.78 Å². The van der Waals surface area contributed by atoms with Crippen LogP contribution in [0.5, 0.6) is 0 Å². The number of nitrogens with zero attached hydrogens (tertiary/aromatic N) is 3. The van der Waals surface area contributed by atoms with Crippen LogP contribution in [0.4, 0.5) is 10.6 Å². The first kappa shape index (κ1) is 16.7. The van der Waals surface area contributed by atoms with Gasteiger partial charge in [0.15, 0.2) is 0 Å². The number of pyridine rings is 1. The highest BCUT2D eigenvalue weighted by atomic mass is 16.4. The summed E-state index contributed by atoms with van der Waals surface area (Å²) >= 11 is 0. The Morgan fingerprint density at radius 1 is 1.38 bits per heavy atom. The van der Waals surface area contributed by atoms with Crippen molar-refractivity contribution >= 4 is 17.8 Å². The molecule has 1 unspecified atom stereocenters. The normalized spacial score (nSPS) is 11.6. The molecule has 7 nitrogen and oxygen atoms in total. The van der Waals surface area contributed by atoms with Crippen LogP contribution in [0.1, 0.15) is 12.5 Å². The average Bonchev–Trinajstić information content (AvgIpc) is 2.44. The smallest absolute Gasteiger partial charge is 0.317 e. The Morgan fingerprint density at radius 2 is 2.05 bits per heavy atom. The van der Waals surface area contributed by atoms with Crippen molar-refractivity contribution in [1.82, 2.24) is 15.2 Å². The summed E-state index contributed by atoms with van der Waals surface area (Å²) in [6.45, 7) is 2.07. The van der Waals surface area contributed by atoms with Crippen LogP contribution in [-0.2, 0) is 11.3 Å². The molecule has 7 heteroatoms. The van der Waals surface area contributed by atoms with Crippen molar-refractivity contribution in [2.45, 2.75) is 13.5 Å². The van der Waals surface area contributed by atoms with E-state index in [1.807, 2.05) is 31.1 Å². The van der Waals surface area contributed by atoms with Gasteiger partial charge in [0, 0.05) is 46.0 Å². The fourth-order valence-corrected chi connectivity index (χ4v) is 1.85. The number of nitrogens with one attached hydrogen (secondary N) is 1. The number of anilines is 1. The summed E-state index contributed by atoms with van der Waals surface area (Å²) in [5, 5.41) is 11.6. The minimum atomic E-state index is -0.920. The van der Waals surface area contributed by atoms with Gasteiger partial charge in [-0.15, -0.1) is 0 Å². The van der Waals surface area contributed by atoms with E-state index in [0.29, 0.717) is 6.54 Å². The molecule has 2 N–H and O–H groups in total. The van der Waals surface area contributed by atoms with Crippen LogP contribution in [-0.4, -0.2) is 54.7 Å². The van der Waals surface area contributed by atoms with Crippen LogP contribution in [0.25, 0.3) is 0 Å². The lowest BCUT2D eigenvalue weighted by atomic mass is 10.2. The Morgan fingerprint density at radius 3 is 2.62 bits per heavy atom. The molecule has 0 aliphatic rings. The molecular formula is C14H22N4O3. The van der Waals surface area contributed by atoms with E-state index in [-0.39, 0.29) is 12.6 Å². The van der Waals surface area contributed by atoms with Crippen LogP contribution < -0.4 is 10.2 Å². The Kier molecular flexibility index (Phi) is 5.95. The number of rotatable bonds is 6. The molecule has 0 fully saturated rings. The third kappa shape index (κ3) is 4.94. The molecule has 0 bridgehead atoms. The number of hydrogen-bond donors (Lipinski definition) is 2. The molecular weight excluding hydrogens is 272 g/mol. The first-order valence-corrected chi connectivity index (χ1v) is 6.66. The summed E-state index contributed by atoms with van der Waals surface area (Å²) in [6, 6.07) is 3.39. The minimum Gasteiger partial charge on any atom is -0.481 e. The second-order valence-corrected chi connectivity index (χ2v) is 5.16. The van der Waals surface area contributed by atoms with Gasteiger partial charge in [-0.05, 0) is 6.07 Å². The van der Waals surface area contributed by atoms with E-state index in [4.69, 9.17) is 5.11 Å². The van der Waals surface area contributed by atoms with Gasteiger partial charge in [0.1, 0.15) is 5.82 Å². The first-order chi connectivity index (χ1) is 9.82. The van der Waals surface area contributed by atoms with Gasteiger partial charge in [-0.1, -0.05) is 13.0 Å². The summed E-state index contributed by atoms with van der Waals surface area (Å²) < 4.78 is 0. The molecule has 21 heavy (non-hydrogen) atoms. The molecule has 1 aromatic heterocycles. The van der Waals surface area contributed by atoms with Gasteiger partial charge in [0.2, 0.25) is 0 Å². The Balaban J connectivity index is 2.59. The fourth-order valence-electron chi connectivity index (χ4n) is 1.85. The Bertz CT molecular complexity index is 505. The fraction of sp³-hybridized carbons (Fsp3) is 0.500. The molecule has 2 amide bonds. The molecule has 0 aromatic carbocycles.